The first-order chi connectivity index (χ1) is 17.7. The summed E-state index contributed by atoms with van der Waals surface area (Å²) in [6.45, 7) is 2.29. The number of fused-ring (bicyclic) bond motifs is 3. The van der Waals surface area contributed by atoms with Gasteiger partial charge in [-0.1, -0.05) is 25.0 Å². The predicted octanol–water partition coefficient (Wildman–Crippen LogP) is 4.85. The van der Waals surface area contributed by atoms with Crippen LogP contribution in [0.3, 0.4) is 0 Å². The molecule has 2 aliphatic carbocycles. The van der Waals surface area contributed by atoms with Gasteiger partial charge in [-0.15, -0.1) is 0 Å². The number of hydrogen-bond acceptors (Lipinski definition) is 6. The molecule has 2 aliphatic heterocycles. The summed E-state index contributed by atoms with van der Waals surface area (Å²) in [7, 11) is 0. The minimum atomic E-state index is -0.283. The van der Waals surface area contributed by atoms with Gasteiger partial charge in [-0.05, 0) is 80.4 Å². The molecule has 0 amide bonds. The fourth-order valence-electron chi connectivity index (χ4n) is 6.83. The van der Waals surface area contributed by atoms with Crippen LogP contribution in [0.25, 0.3) is 0 Å². The second-order valence-electron chi connectivity index (χ2n) is 10.9. The molecule has 7 heteroatoms. The van der Waals surface area contributed by atoms with E-state index in [2.05, 4.69) is 29.2 Å². The monoisotopic (exact) mass is 494 g/mol. The molecule has 1 unspecified atom stereocenters. The lowest BCUT2D eigenvalue weighted by Gasteiger charge is -2.43. The molecule has 4 aliphatic rings. The van der Waals surface area contributed by atoms with Crippen LogP contribution in [0.15, 0.2) is 35.1 Å². The molecular formula is C29H38N2O5. The van der Waals surface area contributed by atoms with Crippen LogP contribution in [0.2, 0.25) is 0 Å². The highest BCUT2D eigenvalue weighted by molar-refractivity contribution is 5.31. The number of nitrogens with zero attached hydrogens (tertiary/aromatic N) is 2. The van der Waals surface area contributed by atoms with Crippen molar-refractivity contribution in [2.75, 3.05) is 19.8 Å². The van der Waals surface area contributed by atoms with Crippen LogP contribution in [0, 0.1) is 11.8 Å². The molecule has 6 rings (SSSR count). The number of hydrogen-bond donors (Lipinski definition) is 0. The Hall–Kier alpha value is -2.38. The lowest BCUT2D eigenvalue weighted by atomic mass is 9.62. The Morgan fingerprint density at radius 2 is 1.75 bits per heavy atom. The summed E-state index contributed by atoms with van der Waals surface area (Å²) in [5.74, 6) is 3.31. The Labute approximate surface area is 213 Å². The van der Waals surface area contributed by atoms with Gasteiger partial charge >= 0.3 is 0 Å². The van der Waals surface area contributed by atoms with Crippen molar-refractivity contribution in [2.45, 2.75) is 89.1 Å². The summed E-state index contributed by atoms with van der Waals surface area (Å²) in [4.78, 5) is 16.2. The molecule has 1 saturated heterocycles. The highest BCUT2D eigenvalue weighted by Crippen LogP contribution is 2.50. The van der Waals surface area contributed by atoms with E-state index in [4.69, 9.17) is 18.9 Å². The van der Waals surface area contributed by atoms with Gasteiger partial charge in [-0.3, -0.25) is 9.36 Å². The van der Waals surface area contributed by atoms with Gasteiger partial charge in [0.05, 0.1) is 13.2 Å². The van der Waals surface area contributed by atoms with E-state index in [0.717, 1.165) is 55.1 Å². The topological polar surface area (TPSA) is 71.8 Å². The van der Waals surface area contributed by atoms with Crippen molar-refractivity contribution in [1.82, 2.24) is 9.55 Å². The molecule has 0 radical (unpaired) electrons. The Morgan fingerprint density at radius 3 is 2.47 bits per heavy atom. The van der Waals surface area contributed by atoms with Gasteiger partial charge in [-0.2, -0.15) is 4.98 Å². The minimum Gasteiger partial charge on any atom is -0.490 e. The first-order valence-electron chi connectivity index (χ1n) is 14.0. The fourth-order valence-corrected chi connectivity index (χ4v) is 6.83. The van der Waals surface area contributed by atoms with E-state index < -0.39 is 0 Å². The van der Waals surface area contributed by atoms with E-state index in [1.165, 1.54) is 44.1 Å². The molecule has 1 aromatic heterocycles. The fraction of sp³-hybridized carbons (Fsp3) is 0.655. The van der Waals surface area contributed by atoms with Crippen LogP contribution in [-0.4, -0.2) is 41.8 Å². The largest absolute Gasteiger partial charge is 0.490 e. The van der Waals surface area contributed by atoms with Gasteiger partial charge in [0, 0.05) is 24.8 Å². The summed E-state index contributed by atoms with van der Waals surface area (Å²) < 4.78 is 25.6. The van der Waals surface area contributed by atoms with E-state index >= 15 is 0 Å². The molecule has 194 valence electrons. The zero-order chi connectivity index (χ0) is 24.3. The Balaban J connectivity index is 1.03. The van der Waals surface area contributed by atoms with Crippen LogP contribution in [0.5, 0.6) is 11.8 Å². The lowest BCUT2D eigenvalue weighted by molar-refractivity contribution is -0.161. The second kappa shape index (κ2) is 10.9. The van der Waals surface area contributed by atoms with Gasteiger partial charge in [-0.25, -0.2) is 0 Å². The average Bonchev–Trinajstić information content (AvgIpc) is 3.31. The number of benzene rings is 1. The van der Waals surface area contributed by atoms with E-state index in [1.807, 2.05) is 4.57 Å². The molecule has 36 heavy (non-hydrogen) atoms. The van der Waals surface area contributed by atoms with Crippen molar-refractivity contribution >= 4 is 0 Å². The van der Waals surface area contributed by atoms with Gasteiger partial charge in [0.1, 0.15) is 12.4 Å². The van der Waals surface area contributed by atoms with E-state index in [0.29, 0.717) is 32.2 Å². The minimum absolute atomic E-state index is 0.133. The molecule has 2 atom stereocenters. The highest BCUT2D eigenvalue weighted by atomic mass is 16.7. The zero-order valence-electron chi connectivity index (χ0n) is 21.1. The Bertz CT molecular complexity index is 1060. The standard InChI is InChI=1S/C29H38N2O5/c32-26-17-23(14-16-34-27-9-1-2-15-33-27)31-18-25(36-29(31)30-26)19-35-24-12-10-22(11-13-24)28-20-5-3-6-21(28)8-4-7-20/h10-13,17,20-21,25,27-28H,1-9,14-16,18-19H2/t20?,21?,25-,27?,28?/m0/s1. The first kappa shape index (κ1) is 24.0. The molecule has 2 bridgehead atoms. The molecular weight excluding hydrogens is 456 g/mol. The van der Waals surface area contributed by atoms with E-state index in [9.17, 15) is 4.79 Å². The maximum atomic E-state index is 12.1. The van der Waals surface area contributed by atoms with Crippen molar-refractivity contribution in [3.8, 4) is 11.8 Å². The summed E-state index contributed by atoms with van der Waals surface area (Å²) in [6.07, 6.45) is 11.8. The Morgan fingerprint density at radius 1 is 0.972 bits per heavy atom. The van der Waals surface area contributed by atoms with Crippen molar-refractivity contribution in [1.29, 1.82) is 0 Å². The molecule has 0 spiro atoms. The predicted molar refractivity (Wildman–Crippen MR) is 136 cm³/mol. The second-order valence-corrected chi connectivity index (χ2v) is 10.9. The number of rotatable bonds is 8. The molecule has 7 nitrogen and oxygen atoms in total. The number of aromatic nitrogens is 2. The normalized spacial score (nSPS) is 29.4. The molecule has 3 fully saturated rings. The van der Waals surface area contributed by atoms with Crippen LogP contribution in [-0.2, 0) is 22.4 Å². The van der Waals surface area contributed by atoms with Crippen molar-refractivity contribution in [3.63, 3.8) is 0 Å². The molecule has 2 saturated carbocycles. The van der Waals surface area contributed by atoms with Crippen molar-refractivity contribution < 1.29 is 18.9 Å². The SMILES string of the molecule is O=c1cc(CCOC2CCCCO2)n2c(n1)O[C@H](COc1ccc(C3C4CCCC3CCC4)cc1)C2. The highest BCUT2D eigenvalue weighted by Gasteiger charge is 2.37. The van der Waals surface area contributed by atoms with Crippen LogP contribution < -0.4 is 15.0 Å². The van der Waals surface area contributed by atoms with Crippen LogP contribution >= 0.6 is 0 Å². The third kappa shape index (κ3) is 5.32. The summed E-state index contributed by atoms with van der Waals surface area (Å²) in [5.41, 5.74) is 2.08. The zero-order valence-corrected chi connectivity index (χ0v) is 21.1. The molecule has 0 N–H and O–H groups in total. The van der Waals surface area contributed by atoms with Crippen LogP contribution in [0.1, 0.15) is 75.0 Å². The third-order valence-electron chi connectivity index (χ3n) is 8.55. The van der Waals surface area contributed by atoms with Gasteiger partial charge in [0.15, 0.2) is 12.4 Å². The van der Waals surface area contributed by atoms with Gasteiger partial charge in [0.2, 0.25) is 0 Å². The van der Waals surface area contributed by atoms with Crippen molar-refractivity contribution in [3.05, 3.63) is 51.9 Å². The quantitative estimate of drug-likeness (QED) is 0.522. The summed E-state index contributed by atoms with van der Waals surface area (Å²) in [6, 6.07) is 10.7. The van der Waals surface area contributed by atoms with Crippen molar-refractivity contribution in [2.24, 2.45) is 11.8 Å². The lowest BCUT2D eigenvalue weighted by Crippen LogP contribution is -2.30. The molecule has 1 aromatic carbocycles. The summed E-state index contributed by atoms with van der Waals surface area (Å²) >= 11 is 0. The Kier molecular flexibility index (Phi) is 7.28. The average molecular weight is 495 g/mol. The van der Waals surface area contributed by atoms with Gasteiger partial charge < -0.3 is 18.9 Å². The maximum Gasteiger partial charge on any atom is 0.300 e. The first-order valence-corrected chi connectivity index (χ1v) is 14.0. The summed E-state index contributed by atoms with van der Waals surface area (Å²) in [5, 5.41) is 0. The van der Waals surface area contributed by atoms with Crippen LogP contribution in [0.4, 0.5) is 0 Å². The number of ether oxygens (including phenoxy) is 4. The maximum absolute atomic E-state index is 12.1. The molecule has 3 heterocycles. The van der Waals surface area contributed by atoms with E-state index in [1.54, 1.807) is 6.07 Å². The molecule has 2 aromatic rings. The smallest absolute Gasteiger partial charge is 0.300 e. The van der Waals surface area contributed by atoms with Gasteiger partial charge in [0.25, 0.3) is 11.6 Å². The third-order valence-corrected chi connectivity index (χ3v) is 8.55. The van der Waals surface area contributed by atoms with E-state index in [-0.39, 0.29) is 18.0 Å².